The van der Waals surface area contributed by atoms with Crippen molar-refractivity contribution in [2.24, 2.45) is 17.3 Å². The molecule has 4 unspecified atom stereocenters. The first-order chi connectivity index (χ1) is 6.23. The predicted molar refractivity (Wildman–Crippen MR) is 61.8 cm³/mol. The molecule has 0 aromatic carbocycles. The van der Waals surface area contributed by atoms with Crippen molar-refractivity contribution < 1.29 is 0 Å². The number of halogens is 1. The molecule has 3 saturated carbocycles. The lowest BCUT2D eigenvalue weighted by Crippen LogP contribution is -2.56. The largest absolute Gasteiger partial charge is 0.313 e. The van der Waals surface area contributed by atoms with E-state index < -0.39 is 0 Å². The molecule has 0 saturated heterocycles. The van der Waals surface area contributed by atoms with Gasteiger partial charge in [0.2, 0.25) is 0 Å². The average molecular weight is 216 g/mol. The number of rotatable bonds is 1. The van der Waals surface area contributed by atoms with Crippen molar-refractivity contribution in [3.8, 4) is 0 Å². The van der Waals surface area contributed by atoms with Crippen molar-refractivity contribution in [1.82, 2.24) is 5.32 Å². The molecule has 4 atom stereocenters. The summed E-state index contributed by atoms with van der Waals surface area (Å²) in [6.45, 7) is 2.56. The molecule has 3 rings (SSSR count). The van der Waals surface area contributed by atoms with Gasteiger partial charge in [0.1, 0.15) is 0 Å². The van der Waals surface area contributed by atoms with Crippen LogP contribution in [0.2, 0.25) is 0 Å². The Balaban J connectivity index is 0.000000750. The molecule has 3 aliphatic carbocycles. The minimum atomic E-state index is 0. The van der Waals surface area contributed by atoms with Crippen molar-refractivity contribution >= 4 is 12.4 Å². The monoisotopic (exact) mass is 215 g/mol. The summed E-state index contributed by atoms with van der Waals surface area (Å²) < 4.78 is 0. The van der Waals surface area contributed by atoms with Gasteiger partial charge < -0.3 is 5.32 Å². The topological polar surface area (TPSA) is 12.0 Å². The van der Waals surface area contributed by atoms with E-state index in [0.29, 0.717) is 11.0 Å². The molecule has 0 amide bonds. The molecule has 14 heavy (non-hydrogen) atoms. The summed E-state index contributed by atoms with van der Waals surface area (Å²) in [4.78, 5) is 0. The van der Waals surface area contributed by atoms with E-state index in [-0.39, 0.29) is 12.4 Å². The first-order valence-corrected chi connectivity index (χ1v) is 5.92. The van der Waals surface area contributed by atoms with Gasteiger partial charge in [-0.25, -0.2) is 0 Å². The van der Waals surface area contributed by atoms with Gasteiger partial charge in [-0.15, -0.1) is 12.4 Å². The molecule has 2 heteroatoms. The summed E-state index contributed by atoms with van der Waals surface area (Å²) in [5, 5.41) is 3.71. The van der Waals surface area contributed by atoms with E-state index in [4.69, 9.17) is 0 Å². The summed E-state index contributed by atoms with van der Waals surface area (Å²) >= 11 is 0. The molecule has 0 aromatic heterocycles. The quantitative estimate of drug-likeness (QED) is 0.709. The van der Waals surface area contributed by atoms with Crippen LogP contribution in [0.1, 0.15) is 45.4 Å². The number of hydrogen-bond acceptors (Lipinski definition) is 1. The molecule has 2 bridgehead atoms. The van der Waals surface area contributed by atoms with Gasteiger partial charge in [0, 0.05) is 5.54 Å². The first kappa shape index (κ1) is 10.8. The Morgan fingerprint density at radius 2 is 1.86 bits per heavy atom. The normalized spacial score (nSPS) is 54.4. The van der Waals surface area contributed by atoms with Crippen LogP contribution in [0.25, 0.3) is 0 Å². The predicted octanol–water partition coefficient (Wildman–Crippen LogP) is 2.99. The Hall–Kier alpha value is 0.250. The smallest absolute Gasteiger partial charge is 0.0263 e. The molecule has 0 aromatic rings. The molecule has 0 spiro atoms. The van der Waals surface area contributed by atoms with Crippen LogP contribution < -0.4 is 5.32 Å². The molecule has 0 heterocycles. The molecular formula is C12H22ClN. The van der Waals surface area contributed by atoms with Crippen molar-refractivity contribution in [1.29, 1.82) is 0 Å². The van der Waals surface area contributed by atoms with E-state index in [1.165, 1.54) is 38.5 Å². The van der Waals surface area contributed by atoms with E-state index in [1.54, 1.807) is 0 Å². The van der Waals surface area contributed by atoms with Gasteiger partial charge in [-0.1, -0.05) is 13.3 Å². The van der Waals surface area contributed by atoms with Crippen molar-refractivity contribution in [3.63, 3.8) is 0 Å². The Labute approximate surface area is 93.4 Å². The van der Waals surface area contributed by atoms with Crippen LogP contribution in [0, 0.1) is 17.3 Å². The van der Waals surface area contributed by atoms with E-state index in [2.05, 4.69) is 19.3 Å². The average Bonchev–Trinajstić information content (AvgIpc) is 2.72. The lowest BCUT2D eigenvalue weighted by Gasteiger charge is -2.47. The number of nitrogens with one attached hydrogen (secondary N) is 1. The zero-order valence-corrected chi connectivity index (χ0v) is 10.1. The molecular weight excluding hydrogens is 194 g/mol. The second-order valence-corrected chi connectivity index (χ2v) is 5.70. The fourth-order valence-corrected chi connectivity index (χ4v) is 5.10. The summed E-state index contributed by atoms with van der Waals surface area (Å²) in [5.41, 5.74) is 1.21. The lowest BCUT2D eigenvalue weighted by molar-refractivity contribution is 0.0731. The van der Waals surface area contributed by atoms with Crippen molar-refractivity contribution in [2.75, 3.05) is 7.05 Å². The maximum Gasteiger partial charge on any atom is 0.0263 e. The number of hydrogen-bond donors (Lipinski definition) is 1. The Morgan fingerprint density at radius 3 is 2.50 bits per heavy atom. The minimum absolute atomic E-state index is 0. The van der Waals surface area contributed by atoms with Crippen LogP contribution in [0.4, 0.5) is 0 Å². The van der Waals surface area contributed by atoms with Crippen LogP contribution in [0.3, 0.4) is 0 Å². The maximum absolute atomic E-state index is 3.71. The van der Waals surface area contributed by atoms with Crippen LogP contribution in [-0.2, 0) is 0 Å². The zero-order valence-electron chi connectivity index (χ0n) is 9.31. The highest BCUT2D eigenvalue weighted by Gasteiger charge is 2.65. The molecule has 0 radical (unpaired) electrons. The maximum atomic E-state index is 3.71. The SMILES string of the molecule is CNC12CCCC1(C)C1CCC2C1.Cl. The highest BCUT2D eigenvalue weighted by atomic mass is 35.5. The second-order valence-electron chi connectivity index (χ2n) is 5.70. The third kappa shape index (κ3) is 0.911. The van der Waals surface area contributed by atoms with Crippen LogP contribution in [0.15, 0.2) is 0 Å². The molecule has 0 aliphatic heterocycles. The second kappa shape index (κ2) is 3.12. The van der Waals surface area contributed by atoms with E-state index in [0.717, 1.165) is 11.8 Å². The molecule has 1 nitrogen and oxygen atoms in total. The third-order valence-corrected chi connectivity index (χ3v) is 5.76. The Bertz CT molecular complexity index is 242. The molecule has 1 N–H and O–H groups in total. The van der Waals surface area contributed by atoms with Crippen LogP contribution in [0.5, 0.6) is 0 Å². The third-order valence-electron chi connectivity index (χ3n) is 5.76. The van der Waals surface area contributed by atoms with E-state index in [9.17, 15) is 0 Å². The summed E-state index contributed by atoms with van der Waals surface area (Å²) in [6, 6.07) is 0. The fraction of sp³-hybridized carbons (Fsp3) is 1.00. The van der Waals surface area contributed by atoms with Crippen LogP contribution >= 0.6 is 12.4 Å². The minimum Gasteiger partial charge on any atom is -0.313 e. The summed E-state index contributed by atoms with van der Waals surface area (Å²) in [5.74, 6) is 2.06. The van der Waals surface area contributed by atoms with Gasteiger partial charge in [-0.05, 0) is 56.4 Å². The Morgan fingerprint density at radius 1 is 1.14 bits per heavy atom. The number of fused-ring (bicyclic) bond motifs is 5. The highest BCUT2D eigenvalue weighted by molar-refractivity contribution is 5.85. The summed E-state index contributed by atoms with van der Waals surface area (Å²) in [6.07, 6.45) is 8.93. The standard InChI is InChI=1S/C12H21N.ClH/c1-11-6-3-7-12(11,13-2)10-5-4-9(11)8-10;/h9-10,13H,3-8H2,1-2H3;1H. The van der Waals surface area contributed by atoms with Crippen LogP contribution in [-0.4, -0.2) is 12.6 Å². The van der Waals surface area contributed by atoms with Gasteiger partial charge in [0.05, 0.1) is 0 Å². The van der Waals surface area contributed by atoms with Crippen molar-refractivity contribution in [2.45, 2.75) is 51.0 Å². The lowest BCUT2D eigenvalue weighted by atomic mass is 9.64. The van der Waals surface area contributed by atoms with Gasteiger partial charge in [0.25, 0.3) is 0 Å². The van der Waals surface area contributed by atoms with E-state index >= 15 is 0 Å². The molecule has 3 aliphatic rings. The van der Waals surface area contributed by atoms with Crippen molar-refractivity contribution in [3.05, 3.63) is 0 Å². The molecule has 82 valence electrons. The first-order valence-electron chi connectivity index (χ1n) is 5.92. The van der Waals surface area contributed by atoms with Gasteiger partial charge in [-0.3, -0.25) is 0 Å². The van der Waals surface area contributed by atoms with Gasteiger partial charge in [-0.2, -0.15) is 0 Å². The Kier molecular flexibility index (Phi) is 2.40. The van der Waals surface area contributed by atoms with Gasteiger partial charge >= 0.3 is 0 Å². The highest BCUT2D eigenvalue weighted by Crippen LogP contribution is 2.67. The summed E-state index contributed by atoms with van der Waals surface area (Å²) in [7, 11) is 2.20. The zero-order chi connectivity index (χ0) is 9.10. The molecule has 3 fully saturated rings. The fourth-order valence-electron chi connectivity index (χ4n) is 5.10. The van der Waals surface area contributed by atoms with Gasteiger partial charge in [0.15, 0.2) is 0 Å². The van der Waals surface area contributed by atoms with E-state index in [1.807, 2.05) is 0 Å².